The number of carbonyl (C=O) groups is 4. The lowest BCUT2D eigenvalue weighted by Gasteiger charge is -2.39. The third-order valence-corrected chi connectivity index (χ3v) is 10.8. The fourth-order valence-corrected chi connectivity index (χ4v) is 7.87. The van der Waals surface area contributed by atoms with E-state index < -0.39 is 17.5 Å². The summed E-state index contributed by atoms with van der Waals surface area (Å²) < 4.78 is 30.0. The molecule has 15 heteroatoms. The molecule has 4 heterocycles. The van der Waals surface area contributed by atoms with Crippen LogP contribution in [0.25, 0.3) is 21.8 Å². The lowest BCUT2D eigenvalue weighted by molar-refractivity contribution is -0.108. The lowest BCUT2D eigenvalue weighted by atomic mass is 10.0. The quantitative estimate of drug-likeness (QED) is 0.0907. The molecule has 0 radical (unpaired) electrons. The van der Waals surface area contributed by atoms with Gasteiger partial charge >= 0.3 is 18.0 Å². The highest BCUT2D eigenvalue weighted by Crippen LogP contribution is 2.32. The molecule has 7 rings (SSSR count). The summed E-state index contributed by atoms with van der Waals surface area (Å²) >= 11 is 0. The van der Waals surface area contributed by atoms with Crippen LogP contribution in [0.4, 0.5) is 4.79 Å². The molecule has 1 fully saturated rings. The van der Waals surface area contributed by atoms with Crippen LogP contribution < -0.4 is 20.6 Å². The van der Waals surface area contributed by atoms with Crippen LogP contribution in [0, 0.1) is 13.8 Å². The number of aryl methyl sites for hydroxylation is 2. The van der Waals surface area contributed by atoms with E-state index in [9.17, 15) is 28.8 Å². The van der Waals surface area contributed by atoms with E-state index in [1.165, 1.54) is 30.9 Å². The van der Waals surface area contributed by atoms with Crippen molar-refractivity contribution in [1.82, 2.24) is 18.9 Å². The topological polar surface area (TPSA) is 165 Å². The third-order valence-electron chi connectivity index (χ3n) is 10.8. The highest BCUT2D eigenvalue weighted by atomic mass is 16.6. The number of methoxy groups -OCH3 is 2. The zero-order valence-electron chi connectivity index (χ0n) is 36.4. The number of piperidine rings is 1. The van der Waals surface area contributed by atoms with Crippen molar-refractivity contribution in [2.24, 2.45) is 0 Å². The maximum absolute atomic E-state index is 13.4. The summed E-state index contributed by atoms with van der Waals surface area (Å²) in [4.78, 5) is 77.1. The second-order valence-corrected chi connectivity index (χ2v) is 16.4. The fourth-order valence-electron chi connectivity index (χ4n) is 7.87. The van der Waals surface area contributed by atoms with Crippen LogP contribution in [0.2, 0.25) is 0 Å². The summed E-state index contributed by atoms with van der Waals surface area (Å²) in [7, 11) is 2.66. The summed E-state index contributed by atoms with van der Waals surface area (Å²) in [5, 5.41) is 1.29. The number of fused-ring (bicyclic) bond motifs is 3. The number of rotatable bonds is 10. The van der Waals surface area contributed by atoms with Gasteiger partial charge < -0.3 is 47.4 Å². The lowest BCUT2D eigenvalue weighted by Crippen LogP contribution is -2.49. The van der Waals surface area contributed by atoms with E-state index in [1.807, 2.05) is 63.8 Å². The van der Waals surface area contributed by atoms with Gasteiger partial charge in [-0.25, -0.2) is 14.4 Å². The highest BCUT2D eigenvalue weighted by Gasteiger charge is 2.32. The molecule has 328 valence electrons. The molecule has 0 unspecified atom stereocenters. The van der Waals surface area contributed by atoms with Gasteiger partial charge in [-0.05, 0) is 113 Å². The van der Waals surface area contributed by atoms with E-state index in [4.69, 9.17) is 23.7 Å². The largest absolute Gasteiger partial charge is 0.486 e. The molecule has 0 bridgehead atoms. The number of aromatic nitrogens is 2. The number of hydrogen-bond acceptors (Lipinski definition) is 12. The molecule has 15 nitrogen and oxygen atoms in total. The molecule has 3 aromatic carbocycles. The highest BCUT2D eigenvalue weighted by molar-refractivity contribution is 6.04. The van der Waals surface area contributed by atoms with Crippen molar-refractivity contribution in [2.45, 2.75) is 78.7 Å². The van der Waals surface area contributed by atoms with Crippen molar-refractivity contribution in [3.63, 3.8) is 0 Å². The number of carbonyl (C=O) groups excluding carboxylic acids is 4. The molecular formula is C47H54N4O11. The van der Waals surface area contributed by atoms with E-state index in [1.54, 1.807) is 34.9 Å². The number of amides is 1. The number of benzene rings is 3. The Morgan fingerprint density at radius 2 is 1.29 bits per heavy atom. The van der Waals surface area contributed by atoms with Crippen LogP contribution in [0.3, 0.4) is 0 Å². The Bertz CT molecular complexity index is 2600. The molecule has 2 aliphatic rings. The zero-order chi connectivity index (χ0) is 44.7. The van der Waals surface area contributed by atoms with Crippen LogP contribution >= 0.6 is 0 Å². The molecule has 2 aromatic heterocycles. The summed E-state index contributed by atoms with van der Waals surface area (Å²) in [5.41, 5.74) is 3.77. The van der Waals surface area contributed by atoms with E-state index in [0.29, 0.717) is 78.0 Å². The first-order chi connectivity index (χ1) is 29.6. The van der Waals surface area contributed by atoms with E-state index >= 15 is 0 Å². The van der Waals surface area contributed by atoms with E-state index in [2.05, 4.69) is 4.90 Å². The molecule has 62 heavy (non-hydrogen) atoms. The minimum absolute atomic E-state index is 0.00448. The molecule has 0 atom stereocenters. The Labute approximate surface area is 359 Å². The number of likely N-dealkylation sites (tertiary alicyclic amines) is 1. The van der Waals surface area contributed by atoms with Crippen LogP contribution in [0.1, 0.15) is 71.0 Å². The summed E-state index contributed by atoms with van der Waals surface area (Å²) in [5.74, 6) is 0.520. The number of aldehydes is 1. The van der Waals surface area contributed by atoms with Gasteiger partial charge in [0.05, 0.1) is 42.9 Å². The molecule has 5 aromatic rings. The minimum atomic E-state index is -0.610. The van der Waals surface area contributed by atoms with Crippen molar-refractivity contribution in [3.8, 4) is 11.5 Å². The number of hydrogen-bond donors (Lipinski definition) is 0. The van der Waals surface area contributed by atoms with Gasteiger partial charge in [-0.2, -0.15) is 0 Å². The number of pyridine rings is 2. The van der Waals surface area contributed by atoms with Crippen LogP contribution in [0.5, 0.6) is 11.5 Å². The van der Waals surface area contributed by atoms with Gasteiger partial charge in [0.1, 0.15) is 25.1 Å². The van der Waals surface area contributed by atoms with Crippen molar-refractivity contribution < 1.29 is 42.9 Å². The van der Waals surface area contributed by atoms with Crippen LogP contribution in [-0.4, -0.2) is 102 Å². The minimum Gasteiger partial charge on any atom is -0.486 e. The average molecular weight is 851 g/mol. The van der Waals surface area contributed by atoms with E-state index in [-0.39, 0.29) is 29.8 Å². The third kappa shape index (κ3) is 10.5. The smallest absolute Gasteiger partial charge is 0.410 e. The molecule has 0 spiro atoms. The van der Waals surface area contributed by atoms with Crippen LogP contribution in [-0.2, 0) is 38.6 Å². The standard InChI is InChI=1S/C33H41N3O7.C14H13NO4/c1-22-18-26(31(38)40-5)25-7-9-30(37)35(27(25)19-22)15-14-34-12-10-24(11-13-34)36(32(39)43-33(2,3)4)21-23-6-8-28-29(20-23)42-17-16-41-28;1-9-7-11(14(18)19-2)10-3-4-13(17)15(5-6-16)12(10)8-9/h6-9,18-20,24H,10-17,21H2,1-5H3;3-4,6-8H,5H2,1-2H3. The monoisotopic (exact) mass is 850 g/mol. The van der Waals surface area contributed by atoms with Gasteiger partial charge in [0.25, 0.3) is 11.1 Å². The second-order valence-electron chi connectivity index (χ2n) is 16.4. The molecule has 0 saturated carbocycles. The van der Waals surface area contributed by atoms with E-state index in [0.717, 1.165) is 48.1 Å². The molecular weight excluding hydrogens is 797 g/mol. The number of esters is 2. The molecule has 1 saturated heterocycles. The zero-order valence-corrected chi connectivity index (χ0v) is 36.4. The second kappa shape index (κ2) is 19.5. The predicted octanol–water partition coefficient (Wildman–Crippen LogP) is 6.06. The summed E-state index contributed by atoms with van der Waals surface area (Å²) in [6.45, 7) is 13.4. The van der Waals surface area contributed by atoms with Gasteiger partial charge in [0, 0.05) is 61.7 Å². The van der Waals surface area contributed by atoms with Gasteiger partial charge in [-0.1, -0.05) is 6.07 Å². The van der Waals surface area contributed by atoms with Crippen LogP contribution in [0.15, 0.2) is 76.3 Å². The molecule has 0 aliphatic carbocycles. The molecule has 1 amide bonds. The van der Waals surface area contributed by atoms with Crippen molar-refractivity contribution in [2.75, 3.05) is 47.1 Å². The first-order valence-electron chi connectivity index (χ1n) is 20.6. The van der Waals surface area contributed by atoms with Gasteiger partial charge in [-0.15, -0.1) is 0 Å². The Hall–Kier alpha value is -6.48. The Morgan fingerprint density at radius 3 is 1.84 bits per heavy atom. The Morgan fingerprint density at radius 1 is 0.742 bits per heavy atom. The maximum atomic E-state index is 13.4. The number of nitrogens with zero attached hydrogens (tertiary/aromatic N) is 4. The first kappa shape index (κ1) is 45.1. The summed E-state index contributed by atoms with van der Waals surface area (Å²) in [6.07, 6.45) is 1.88. The molecule has 2 aliphatic heterocycles. The normalized spacial score (nSPS) is 14.1. The maximum Gasteiger partial charge on any atom is 0.410 e. The Kier molecular flexibility index (Phi) is 14.2. The van der Waals surface area contributed by atoms with Gasteiger partial charge in [0.2, 0.25) is 0 Å². The first-order valence-corrected chi connectivity index (χ1v) is 20.6. The Balaban J connectivity index is 0.000000281. The average Bonchev–Trinajstić information content (AvgIpc) is 3.25. The summed E-state index contributed by atoms with van der Waals surface area (Å²) in [6, 6.07) is 19.1. The van der Waals surface area contributed by atoms with Crippen molar-refractivity contribution in [1.29, 1.82) is 0 Å². The van der Waals surface area contributed by atoms with Gasteiger partial charge in [0.15, 0.2) is 11.5 Å². The predicted molar refractivity (Wildman–Crippen MR) is 233 cm³/mol. The fraction of sp³-hybridized carbons (Fsp3) is 0.404. The molecule has 0 N–H and O–H groups in total. The number of ether oxygens (including phenoxy) is 5. The SMILES string of the molecule is COC(=O)c1cc(C)cc2c1ccc(=O)n2CC=O.COC(=O)c1cc(C)cc2c1ccc(=O)n2CCN1CCC(N(Cc2ccc3c(c2)OCCO3)C(=O)OC(C)(C)C)CC1. The van der Waals surface area contributed by atoms with Crippen molar-refractivity contribution >= 4 is 46.1 Å². The van der Waals surface area contributed by atoms with Crippen molar-refractivity contribution in [3.05, 3.63) is 115 Å². The van der Waals surface area contributed by atoms with Gasteiger partial charge in [-0.3, -0.25) is 9.59 Å².